The fourth-order valence-corrected chi connectivity index (χ4v) is 17.0. The van der Waals surface area contributed by atoms with Crippen LogP contribution in [0.4, 0.5) is 30.2 Å². The van der Waals surface area contributed by atoms with Crippen molar-refractivity contribution in [2.45, 2.75) is 97.4 Å². The molecule has 6 aliphatic rings. The van der Waals surface area contributed by atoms with Crippen LogP contribution in [0, 0.1) is 23.2 Å². The quantitative estimate of drug-likeness (QED) is 0.0496. The molecule has 11 rings (SSSR count). The van der Waals surface area contributed by atoms with Gasteiger partial charge in [0, 0.05) is 130 Å². The first kappa shape index (κ1) is 63.6. The highest BCUT2D eigenvalue weighted by Gasteiger charge is 2.49. The number of piperidine rings is 2. The minimum Gasteiger partial charge on any atom is -0.380 e. The molecule has 5 saturated heterocycles. The molecule has 5 heterocycles. The number of alkyl halides is 3. The molecule has 3 N–H and O–H groups in total. The molecule has 22 heteroatoms. The molecule has 470 valence electrons. The van der Waals surface area contributed by atoms with E-state index in [9.17, 15) is 44.4 Å². The molecule has 15 nitrogen and oxygen atoms in total. The number of sulfone groups is 1. The van der Waals surface area contributed by atoms with Crippen molar-refractivity contribution in [3.63, 3.8) is 0 Å². The van der Waals surface area contributed by atoms with Crippen molar-refractivity contribution < 1.29 is 44.4 Å². The first-order chi connectivity index (χ1) is 42.0. The van der Waals surface area contributed by atoms with E-state index in [0.717, 1.165) is 145 Å². The van der Waals surface area contributed by atoms with Crippen molar-refractivity contribution in [1.29, 1.82) is 0 Å². The van der Waals surface area contributed by atoms with E-state index < -0.39 is 52.8 Å². The van der Waals surface area contributed by atoms with E-state index in [4.69, 9.17) is 11.6 Å². The van der Waals surface area contributed by atoms with Gasteiger partial charge in [0.15, 0.2) is 0 Å². The molecule has 88 heavy (non-hydrogen) atoms. The average molecular weight is 1280 g/mol. The lowest BCUT2D eigenvalue weighted by Gasteiger charge is -2.39. The number of hydrogen-bond acceptors (Lipinski definition) is 14. The van der Waals surface area contributed by atoms with Crippen molar-refractivity contribution in [1.82, 2.24) is 24.7 Å². The topological polar surface area (TPSA) is 172 Å². The summed E-state index contributed by atoms with van der Waals surface area (Å²) in [6.07, 6.45) is 6.62. The molecule has 0 radical (unpaired) electrons. The Labute approximate surface area is 524 Å². The van der Waals surface area contributed by atoms with Crippen molar-refractivity contribution in [2.75, 3.05) is 106 Å². The predicted octanol–water partition coefficient (Wildman–Crippen LogP) is 10.8. The number of piperazine rings is 1. The normalized spacial score (nSPS) is 22.2. The van der Waals surface area contributed by atoms with Gasteiger partial charge in [0.1, 0.15) is 4.90 Å². The van der Waals surface area contributed by atoms with Gasteiger partial charge in [-0.2, -0.15) is 13.2 Å². The van der Waals surface area contributed by atoms with Crippen LogP contribution in [-0.2, 0) is 29.4 Å². The fourth-order valence-electron chi connectivity index (χ4n) is 13.9. The van der Waals surface area contributed by atoms with E-state index in [2.05, 4.69) is 73.2 Å². The zero-order chi connectivity index (χ0) is 62.0. The molecule has 0 spiro atoms. The molecule has 3 unspecified atom stereocenters. The monoisotopic (exact) mass is 1280 g/mol. The van der Waals surface area contributed by atoms with E-state index in [1.54, 1.807) is 12.1 Å². The summed E-state index contributed by atoms with van der Waals surface area (Å²) in [6, 6.07) is 34.2. The van der Waals surface area contributed by atoms with Gasteiger partial charge >= 0.3 is 5.51 Å². The molecule has 3 amide bonds. The largest absolute Gasteiger partial charge is 0.501 e. The van der Waals surface area contributed by atoms with Crippen molar-refractivity contribution in [2.24, 2.45) is 23.2 Å². The molecule has 0 aromatic heterocycles. The number of carbonyl (C=O) groups is 3. The van der Waals surface area contributed by atoms with Gasteiger partial charge < -0.3 is 24.9 Å². The van der Waals surface area contributed by atoms with Crippen LogP contribution in [0.25, 0.3) is 5.57 Å². The number of rotatable bonds is 20. The number of amides is 3. The Morgan fingerprint density at radius 3 is 2.03 bits per heavy atom. The summed E-state index contributed by atoms with van der Waals surface area (Å²) in [5, 5.41) is 6.27. The summed E-state index contributed by atoms with van der Waals surface area (Å²) in [7, 11) is -11.0. The standard InChI is InChI=1S/C66H78ClF3N8O7S3/c1-65(2)28-24-58(46-8-14-52(67)15-9-46)49(37-65)39-74-32-34-78(35-33-74)55-18-12-48(13-19-55)63(80)73-88(84,85)57-20-22-60(61(36-57)87(82,83)66(68,69)70)71-53(44-86-56-6-4-3-5-7-56)27-29-75-40-50-42-76(43-51(50)41-75)38-45-25-30-77(31-26-45)54-16-10-47(11-17-54)59-21-23-62(79)72-64(59)81/h3-20,22,36,45,50-51,53,59,71H,21,23-35,37-44H2,1-2H3,(H,73,80)(H,72,79,81)/t50?,51?,53-,59?/m1/s1. The molecule has 5 fully saturated rings. The molecule has 4 atom stereocenters. The van der Waals surface area contributed by atoms with Gasteiger partial charge in [-0.15, -0.1) is 11.8 Å². The summed E-state index contributed by atoms with van der Waals surface area (Å²) >= 11 is 7.70. The van der Waals surface area contributed by atoms with E-state index in [0.29, 0.717) is 60.4 Å². The second-order valence-electron chi connectivity index (χ2n) is 25.6. The number of thioether (sulfide) groups is 1. The molecular formula is C66H78ClF3N8O7S3. The lowest BCUT2D eigenvalue weighted by Crippen LogP contribution is -2.47. The van der Waals surface area contributed by atoms with Gasteiger partial charge in [-0.1, -0.05) is 73.5 Å². The van der Waals surface area contributed by atoms with Crippen LogP contribution >= 0.6 is 23.4 Å². The third-order valence-electron chi connectivity index (χ3n) is 18.7. The van der Waals surface area contributed by atoms with Gasteiger partial charge in [0.05, 0.1) is 16.5 Å². The number of benzene rings is 5. The van der Waals surface area contributed by atoms with Crippen LogP contribution in [0.2, 0.25) is 5.02 Å². The van der Waals surface area contributed by atoms with Crippen LogP contribution in [0.15, 0.2) is 142 Å². The van der Waals surface area contributed by atoms with E-state index in [1.807, 2.05) is 59.3 Å². The zero-order valence-corrected chi connectivity index (χ0v) is 53.0. The summed E-state index contributed by atoms with van der Waals surface area (Å²) in [5.74, 6) is 0.0988. The Morgan fingerprint density at radius 1 is 0.750 bits per heavy atom. The number of carbonyl (C=O) groups excluding carboxylic acids is 3. The number of sulfonamides is 1. The highest BCUT2D eigenvalue weighted by Crippen LogP contribution is 2.44. The van der Waals surface area contributed by atoms with Crippen LogP contribution in [-0.4, -0.2) is 152 Å². The minimum atomic E-state index is -6.11. The molecule has 5 aliphatic heterocycles. The maximum Gasteiger partial charge on any atom is 0.501 e. The molecule has 5 aromatic rings. The Kier molecular flexibility index (Phi) is 19.4. The number of likely N-dealkylation sites (tertiary alicyclic amines) is 2. The number of fused-ring (bicyclic) bond motifs is 1. The molecule has 0 bridgehead atoms. The van der Waals surface area contributed by atoms with Crippen molar-refractivity contribution in [3.05, 3.63) is 149 Å². The Hall–Kier alpha value is -5.94. The summed E-state index contributed by atoms with van der Waals surface area (Å²) in [4.78, 5) is 48.5. The SMILES string of the molecule is CC1(C)CCC(c2ccc(Cl)cc2)=C(CN2CCN(c3ccc(C(=O)NS(=O)(=O)c4ccc(N[C@H](CCN5CC6CN(CC7CCN(c8ccc(C9CCC(=O)NC9=O)cc8)CC7)CC6C5)CSc5ccccc5)c(S(=O)(=O)C(F)(F)F)c4)cc3)CC2)C1. The second kappa shape index (κ2) is 26.9. The maximum atomic E-state index is 14.6. The predicted molar refractivity (Wildman–Crippen MR) is 341 cm³/mol. The van der Waals surface area contributed by atoms with Crippen LogP contribution in [0.1, 0.15) is 92.6 Å². The van der Waals surface area contributed by atoms with E-state index >= 15 is 0 Å². The fraction of sp³-hybridized carbons (Fsp3) is 0.470. The van der Waals surface area contributed by atoms with Gasteiger partial charge in [-0.3, -0.25) is 24.6 Å². The van der Waals surface area contributed by atoms with Gasteiger partial charge in [0.2, 0.25) is 11.8 Å². The first-order valence-corrected chi connectivity index (χ1v) is 35.0. The van der Waals surface area contributed by atoms with E-state index in [-0.39, 0.29) is 28.7 Å². The number of nitrogens with zero attached hydrogens (tertiary/aromatic N) is 5. The number of imide groups is 1. The van der Waals surface area contributed by atoms with Gasteiger partial charge in [-0.05, 0) is 164 Å². The number of halogens is 4. The Morgan fingerprint density at radius 2 is 1.39 bits per heavy atom. The number of allylic oxidation sites excluding steroid dienone is 1. The highest BCUT2D eigenvalue weighted by atomic mass is 35.5. The van der Waals surface area contributed by atoms with Crippen molar-refractivity contribution >= 4 is 83.6 Å². The molecule has 1 aliphatic carbocycles. The number of hydrogen-bond donors (Lipinski definition) is 3. The zero-order valence-electron chi connectivity index (χ0n) is 49.8. The van der Waals surface area contributed by atoms with Crippen LogP contribution in [0.3, 0.4) is 0 Å². The first-order valence-electron chi connectivity index (χ1n) is 30.7. The Bertz CT molecular complexity index is 3570. The summed E-state index contributed by atoms with van der Waals surface area (Å²) in [6.45, 7) is 15.8. The third kappa shape index (κ3) is 15.3. The second-order valence-corrected chi connectivity index (χ2v) is 30.7. The Balaban J connectivity index is 0.689. The highest BCUT2D eigenvalue weighted by molar-refractivity contribution is 7.99. The smallest absolute Gasteiger partial charge is 0.380 e. The maximum absolute atomic E-state index is 14.6. The molecule has 0 saturated carbocycles. The summed E-state index contributed by atoms with van der Waals surface area (Å²) < 4.78 is 100. The van der Waals surface area contributed by atoms with Crippen LogP contribution < -0.4 is 25.2 Å². The molecule has 5 aromatic carbocycles. The van der Waals surface area contributed by atoms with Gasteiger partial charge in [-0.25, -0.2) is 21.6 Å². The average Bonchev–Trinajstić information content (AvgIpc) is 1.98. The molecular weight excluding hydrogens is 1210 g/mol. The van der Waals surface area contributed by atoms with Crippen molar-refractivity contribution in [3.8, 4) is 0 Å². The lowest BCUT2D eigenvalue weighted by molar-refractivity contribution is -0.134. The minimum absolute atomic E-state index is 0.00497. The lowest BCUT2D eigenvalue weighted by atomic mass is 9.73. The van der Waals surface area contributed by atoms with Crippen LogP contribution in [0.5, 0.6) is 0 Å². The van der Waals surface area contributed by atoms with Gasteiger partial charge in [0.25, 0.3) is 25.8 Å². The number of anilines is 3. The summed E-state index contributed by atoms with van der Waals surface area (Å²) in [5.41, 5.74) is 1.00. The number of nitrogens with one attached hydrogen (secondary N) is 3. The third-order valence-corrected chi connectivity index (χ3v) is 23.0. The van der Waals surface area contributed by atoms with E-state index in [1.165, 1.54) is 40.6 Å².